The van der Waals surface area contributed by atoms with Gasteiger partial charge in [0.2, 0.25) is 0 Å². The highest BCUT2D eigenvalue weighted by Gasteiger charge is 2.41. The number of carbonyl (C=O) groups excluding carboxylic acids is 3. The lowest BCUT2D eigenvalue weighted by molar-refractivity contribution is 0.115. The minimum atomic E-state index is -0.343. The van der Waals surface area contributed by atoms with Gasteiger partial charge in [-0.15, -0.1) is 0 Å². The number of hydrogen-bond donors (Lipinski definition) is 3. The van der Waals surface area contributed by atoms with Crippen LogP contribution in [-0.4, -0.2) is 209 Å². The quantitative estimate of drug-likeness (QED) is 0.0920. The predicted molar refractivity (Wildman–Crippen MR) is 464 cm³/mol. The number of urea groups is 3. The van der Waals surface area contributed by atoms with E-state index < -0.39 is 0 Å². The van der Waals surface area contributed by atoms with Gasteiger partial charge in [0, 0.05) is 172 Å². The summed E-state index contributed by atoms with van der Waals surface area (Å²) in [6, 6.07) is 31.1. The predicted octanol–water partition coefficient (Wildman–Crippen LogP) is 15.8. The van der Waals surface area contributed by atoms with Crippen molar-refractivity contribution in [3.63, 3.8) is 0 Å². The maximum atomic E-state index is 13.1. The highest BCUT2D eigenvalue weighted by molar-refractivity contribution is 6.31. The molecule has 2 saturated carbocycles. The number of fused-ring (bicyclic) bond motifs is 6. The fourth-order valence-electron chi connectivity index (χ4n) is 18.4. The topological polar surface area (TPSA) is 227 Å². The summed E-state index contributed by atoms with van der Waals surface area (Å²) in [6.07, 6.45) is 33.7. The van der Waals surface area contributed by atoms with E-state index in [1.54, 1.807) is 40.3 Å². The molecule has 3 N–H and O–H groups in total. The summed E-state index contributed by atoms with van der Waals surface area (Å²) in [4.78, 5) is 79.9. The fourth-order valence-corrected chi connectivity index (χ4v) is 18.9. The first-order valence-corrected chi connectivity index (χ1v) is 42.6. The van der Waals surface area contributed by atoms with Crippen molar-refractivity contribution in [2.24, 2.45) is 21.1 Å². The second kappa shape index (κ2) is 37.4. The molecular formula is C91H109Cl3N18O6. The van der Waals surface area contributed by atoms with Crippen LogP contribution in [-0.2, 0) is 35.4 Å². The third-order valence-corrected chi connectivity index (χ3v) is 25.1. The maximum absolute atomic E-state index is 13.1. The van der Waals surface area contributed by atoms with Gasteiger partial charge in [0.1, 0.15) is 18.3 Å². The summed E-state index contributed by atoms with van der Waals surface area (Å²) in [7, 11) is 11.1. The number of aromatic nitrogens is 9. The van der Waals surface area contributed by atoms with Crippen LogP contribution in [0, 0.1) is 0 Å². The van der Waals surface area contributed by atoms with E-state index in [0.29, 0.717) is 66.4 Å². The number of pyridine rings is 3. The molecule has 620 valence electrons. The van der Waals surface area contributed by atoms with Gasteiger partial charge >= 0.3 is 18.1 Å². The van der Waals surface area contributed by atoms with Gasteiger partial charge in [-0.3, -0.25) is 29.7 Å². The first kappa shape index (κ1) is 83.5. The average Bonchev–Trinajstić information content (AvgIpc) is 1.60. The van der Waals surface area contributed by atoms with E-state index in [-0.39, 0.29) is 60.1 Å². The van der Waals surface area contributed by atoms with E-state index >= 15 is 0 Å². The number of nitrogens with zero attached hydrogens (tertiary/aromatic N) is 15. The van der Waals surface area contributed by atoms with E-state index in [0.717, 1.165) is 166 Å². The first-order valence-electron chi connectivity index (χ1n) is 41.5. The fraction of sp³-hybridized carbons (Fsp3) is 0.440. The molecule has 6 aromatic heterocycles. The molecule has 24 nitrogen and oxygen atoms in total. The van der Waals surface area contributed by atoms with Gasteiger partial charge in [0.05, 0.1) is 89.9 Å². The second-order valence-corrected chi connectivity index (χ2v) is 34.4. The van der Waals surface area contributed by atoms with Crippen molar-refractivity contribution in [1.29, 1.82) is 0 Å². The lowest BCUT2D eigenvalue weighted by Gasteiger charge is -2.40. The molecule has 5 fully saturated rings. The van der Waals surface area contributed by atoms with Gasteiger partial charge < -0.3 is 58.6 Å². The number of halogens is 3. The van der Waals surface area contributed by atoms with Crippen molar-refractivity contribution in [2.45, 2.75) is 139 Å². The number of methoxy groups -OCH3 is 3. The zero-order valence-corrected chi connectivity index (χ0v) is 71.3. The Bertz CT molecular complexity index is 4920. The van der Waals surface area contributed by atoms with Gasteiger partial charge in [0.15, 0.2) is 0 Å². The largest absolute Gasteiger partial charge is 0.370 e. The van der Waals surface area contributed by atoms with Gasteiger partial charge in [-0.25, -0.2) is 29.3 Å². The molecule has 3 aromatic carbocycles. The van der Waals surface area contributed by atoms with Crippen molar-refractivity contribution < 1.29 is 28.6 Å². The van der Waals surface area contributed by atoms with E-state index in [9.17, 15) is 14.4 Å². The molecule has 8 aliphatic rings. The molecule has 9 aromatic rings. The van der Waals surface area contributed by atoms with Crippen LogP contribution in [0.3, 0.4) is 0 Å². The van der Waals surface area contributed by atoms with Crippen LogP contribution in [0.4, 0.5) is 14.4 Å². The summed E-state index contributed by atoms with van der Waals surface area (Å²) in [6.45, 7) is 14.5. The van der Waals surface area contributed by atoms with Crippen LogP contribution in [0.15, 0.2) is 147 Å². The van der Waals surface area contributed by atoms with Crippen LogP contribution >= 0.6 is 34.8 Å². The summed E-state index contributed by atoms with van der Waals surface area (Å²) in [5.74, 6) is 0. The minimum Gasteiger partial charge on any atom is -0.370 e. The van der Waals surface area contributed by atoms with E-state index in [2.05, 4.69) is 100 Å². The van der Waals surface area contributed by atoms with Gasteiger partial charge in [-0.05, 0) is 186 Å². The number of piperazine rings is 3. The molecule has 17 rings (SSSR count). The van der Waals surface area contributed by atoms with Crippen molar-refractivity contribution in [1.82, 2.24) is 89.0 Å². The smallest absolute Gasteiger partial charge is 0.317 e. The SMILES string of the molecule is COC(C1=Cc2cccnc2[C@@H](N2CCN(C(=O)NC(C)(C)C)CC2)c2ccc(Cl)cc21)c1cncn1C.COC(C1=Cc2cccnc2[C@@H](N2CCN(C(=O)NC3CCCCC3)CC2)c2ccc(Cl)cc21)c1cncn1C.COC(C1=Cc2cccnc2[C@@H](N2CCN(C(=O)NC3CCCCC3)CC2)c2ccc(Cl)cc21)c1cncn1C. The maximum Gasteiger partial charge on any atom is 0.317 e. The number of benzene rings is 3. The van der Waals surface area contributed by atoms with Gasteiger partial charge in [0.25, 0.3) is 0 Å². The highest BCUT2D eigenvalue weighted by Crippen LogP contribution is 2.50. The molecule has 6 atom stereocenters. The Morgan fingerprint density at radius 3 is 0.983 bits per heavy atom. The van der Waals surface area contributed by atoms with E-state index in [1.807, 2.05) is 162 Å². The summed E-state index contributed by atoms with van der Waals surface area (Å²) >= 11 is 19.8. The lowest BCUT2D eigenvalue weighted by atomic mass is 9.91. The number of aryl methyl sites for hydroxylation is 3. The Hall–Kier alpha value is -9.60. The monoisotopic (exact) mass is 1650 g/mol. The third-order valence-electron chi connectivity index (χ3n) is 24.4. The molecule has 5 aliphatic carbocycles. The Morgan fingerprint density at radius 1 is 0.415 bits per heavy atom. The summed E-state index contributed by atoms with van der Waals surface area (Å²) in [5.41, 5.74) is 18.3. The van der Waals surface area contributed by atoms with Crippen LogP contribution in [0.1, 0.15) is 206 Å². The molecule has 0 radical (unpaired) electrons. The Kier molecular flexibility index (Phi) is 26.4. The highest BCUT2D eigenvalue weighted by atomic mass is 35.5. The Labute approximate surface area is 707 Å². The normalized spacial score (nSPS) is 20.1. The molecule has 3 aliphatic heterocycles. The van der Waals surface area contributed by atoms with Crippen LogP contribution in [0.5, 0.6) is 0 Å². The molecule has 27 heteroatoms. The van der Waals surface area contributed by atoms with Gasteiger partial charge in [-0.1, -0.05) is 110 Å². The van der Waals surface area contributed by atoms with Crippen LogP contribution in [0.2, 0.25) is 15.1 Å². The zero-order valence-electron chi connectivity index (χ0n) is 69.1. The van der Waals surface area contributed by atoms with E-state index in [4.69, 9.17) is 64.0 Å². The average molecular weight is 1660 g/mol. The molecule has 0 bridgehead atoms. The van der Waals surface area contributed by atoms with Gasteiger partial charge in [-0.2, -0.15) is 0 Å². The van der Waals surface area contributed by atoms with E-state index in [1.165, 1.54) is 38.5 Å². The number of amides is 6. The molecule has 6 amide bonds. The lowest BCUT2D eigenvalue weighted by Crippen LogP contribution is -2.55. The van der Waals surface area contributed by atoms with Crippen LogP contribution in [0.25, 0.3) is 34.9 Å². The van der Waals surface area contributed by atoms with Crippen molar-refractivity contribution in [3.05, 3.63) is 246 Å². The zero-order chi connectivity index (χ0) is 82.3. The standard InChI is InChI=1S/2C31H37ClN6O2.C29H35ClN6O2/c2*1-36-20-33-19-27(36)30(40-2)26-17-21-7-6-12-34-28(21)29(24-11-10-22(32)18-25(24)26)37-13-15-38(16-14-37)31(39)35-23-8-4-3-5-9-23;1-29(2,3)33-28(37)36-13-11-35(12-14-36)26-21-9-8-20(30)16-22(21)23(15-19-7-6-10-32-25(19)26)27(38-5)24-17-31-18-34(24)4/h2*6-7,10-12,17-20,23,29-30H,3-5,8-9,13-16H2,1-2H3,(H,35,39);6-10,15-18,26-27H,11-14H2,1-5H3,(H,33,37)/t2*29-,30?;26-,27?/m000/s1. The number of hydrogen-bond acceptors (Lipinski definition) is 15. The minimum absolute atomic E-state index is 0.0215. The van der Waals surface area contributed by atoms with Crippen molar-refractivity contribution >= 4 is 87.8 Å². The molecule has 3 unspecified atom stereocenters. The molecule has 0 spiro atoms. The van der Waals surface area contributed by atoms with Crippen LogP contribution < -0.4 is 16.0 Å². The van der Waals surface area contributed by atoms with Crippen molar-refractivity contribution in [2.75, 3.05) is 99.9 Å². The molecule has 3 saturated heterocycles. The summed E-state index contributed by atoms with van der Waals surface area (Å²) < 4.78 is 24.3. The summed E-state index contributed by atoms with van der Waals surface area (Å²) in [5, 5.41) is 11.7. The third kappa shape index (κ3) is 18.4. The number of nitrogens with one attached hydrogen (secondary N) is 3. The Morgan fingerprint density at radius 2 is 0.712 bits per heavy atom. The molecule has 118 heavy (non-hydrogen) atoms. The molecule has 9 heterocycles. The number of carbonyl (C=O) groups is 3. The second-order valence-electron chi connectivity index (χ2n) is 33.1. The number of rotatable bonds is 14. The number of imidazole rings is 3. The Balaban J connectivity index is 0.000000139. The van der Waals surface area contributed by atoms with Crippen molar-refractivity contribution in [3.8, 4) is 0 Å². The first-order chi connectivity index (χ1) is 57.2. The molecular weight excluding hydrogens is 1550 g/mol. The number of ether oxygens (including phenoxy) is 3.